The fraction of sp³-hybridized carbons (Fsp3) is 0.250. The van der Waals surface area contributed by atoms with E-state index in [1.807, 2.05) is 60.7 Å². The third-order valence-electron chi connectivity index (χ3n) is 6.98. The minimum absolute atomic E-state index is 0.0378. The van der Waals surface area contributed by atoms with Crippen molar-refractivity contribution in [1.29, 1.82) is 0 Å². The maximum absolute atomic E-state index is 15.6. The Morgan fingerprint density at radius 3 is 2.08 bits per heavy atom. The minimum atomic E-state index is -0.601. The van der Waals surface area contributed by atoms with Gasteiger partial charge in [-0.3, -0.25) is 4.79 Å². The van der Waals surface area contributed by atoms with Crippen LogP contribution in [0, 0.1) is 17.6 Å². The average molecular weight is 545 g/mol. The Hall–Kier alpha value is -4.46. The van der Waals surface area contributed by atoms with Crippen molar-refractivity contribution in [3.8, 4) is 22.9 Å². The maximum atomic E-state index is 15.6. The predicted molar refractivity (Wildman–Crippen MR) is 148 cm³/mol. The third-order valence-corrected chi connectivity index (χ3v) is 6.98. The van der Waals surface area contributed by atoms with Crippen LogP contribution in [0.3, 0.4) is 0 Å². The number of carbonyl (C=O) groups excluding carboxylic acids is 1. The van der Waals surface area contributed by atoms with Gasteiger partial charge in [-0.05, 0) is 36.1 Å². The number of carbonyl (C=O) groups is 1. The van der Waals surface area contributed by atoms with Crippen LogP contribution in [0.25, 0.3) is 11.1 Å². The molecule has 206 valence electrons. The van der Waals surface area contributed by atoms with Gasteiger partial charge in [-0.15, -0.1) is 0 Å². The first kappa shape index (κ1) is 27.1. The molecule has 0 atom stereocenters. The van der Waals surface area contributed by atoms with Crippen LogP contribution in [-0.2, 0) is 22.7 Å². The Kier molecular flexibility index (Phi) is 8.54. The highest BCUT2D eigenvalue weighted by Crippen LogP contribution is 2.37. The highest BCUT2D eigenvalue weighted by molar-refractivity contribution is 5.74. The molecule has 0 radical (unpaired) electrons. The van der Waals surface area contributed by atoms with Crippen LogP contribution in [0.5, 0.6) is 11.8 Å². The van der Waals surface area contributed by atoms with Crippen molar-refractivity contribution in [1.82, 2.24) is 4.98 Å². The first-order chi connectivity index (χ1) is 19.5. The van der Waals surface area contributed by atoms with E-state index in [1.54, 1.807) is 17.0 Å². The molecule has 0 aliphatic carbocycles. The zero-order valence-corrected chi connectivity index (χ0v) is 22.2. The van der Waals surface area contributed by atoms with E-state index in [0.717, 1.165) is 11.1 Å². The van der Waals surface area contributed by atoms with Gasteiger partial charge in [-0.25, -0.2) is 8.78 Å². The number of halogens is 2. The van der Waals surface area contributed by atoms with Gasteiger partial charge in [0.25, 0.3) is 0 Å². The lowest BCUT2D eigenvalue weighted by Gasteiger charge is -2.32. The number of anilines is 1. The maximum Gasteiger partial charge on any atom is 0.308 e. The van der Waals surface area contributed by atoms with Crippen molar-refractivity contribution in [3.05, 3.63) is 108 Å². The summed E-state index contributed by atoms with van der Waals surface area (Å²) in [6.45, 7) is 1.35. The molecule has 5 rings (SSSR count). The van der Waals surface area contributed by atoms with Crippen molar-refractivity contribution >= 4 is 11.7 Å². The number of methoxy groups -OCH3 is 1. The number of hydrogen-bond donors (Lipinski definition) is 0. The monoisotopic (exact) mass is 544 g/mol. The second-order valence-electron chi connectivity index (χ2n) is 9.62. The topological polar surface area (TPSA) is 60.9 Å². The van der Waals surface area contributed by atoms with E-state index in [4.69, 9.17) is 14.2 Å². The third kappa shape index (κ3) is 6.39. The van der Waals surface area contributed by atoms with Crippen LogP contribution in [0.15, 0.2) is 84.9 Å². The molecular weight excluding hydrogens is 514 g/mol. The summed E-state index contributed by atoms with van der Waals surface area (Å²) < 4.78 is 47.7. The van der Waals surface area contributed by atoms with Crippen molar-refractivity contribution in [2.45, 2.75) is 26.1 Å². The molecule has 0 bridgehead atoms. The zero-order chi connectivity index (χ0) is 27.9. The molecule has 2 heterocycles. The largest absolute Gasteiger partial charge is 0.473 e. The van der Waals surface area contributed by atoms with Gasteiger partial charge in [0.05, 0.1) is 18.7 Å². The number of benzene rings is 3. The lowest BCUT2D eigenvalue weighted by molar-refractivity contribution is -0.146. The first-order valence-corrected chi connectivity index (χ1v) is 13.2. The quantitative estimate of drug-likeness (QED) is 0.222. The van der Waals surface area contributed by atoms with Crippen molar-refractivity contribution in [2.75, 3.05) is 25.1 Å². The van der Waals surface area contributed by atoms with Crippen LogP contribution in [0.4, 0.5) is 14.5 Å². The number of nitrogens with zero attached hydrogens (tertiary/aromatic N) is 2. The van der Waals surface area contributed by atoms with E-state index in [0.29, 0.717) is 44.0 Å². The molecule has 6 nitrogen and oxygen atoms in total. The molecule has 4 aromatic rings. The normalized spacial score (nSPS) is 13.6. The summed E-state index contributed by atoms with van der Waals surface area (Å²) in [5.74, 6) is -1.22. The van der Waals surface area contributed by atoms with Gasteiger partial charge in [0.1, 0.15) is 24.8 Å². The highest BCUT2D eigenvalue weighted by atomic mass is 19.1. The average Bonchev–Trinajstić information content (AvgIpc) is 3.01. The molecule has 8 heteroatoms. The molecule has 1 aromatic heterocycles. The lowest BCUT2D eigenvalue weighted by Crippen LogP contribution is -2.37. The van der Waals surface area contributed by atoms with Gasteiger partial charge < -0.3 is 19.1 Å². The summed E-state index contributed by atoms with van der Waals surface area (Å²) >= 11 is 0. The fourth-order valence-corrected chi connectivity index (χ4v) is 4.78. The number of esters is 1. The van der Waals surface area contributed by atoms with E-state index in [2.05, 4.69) is 4.98 Å². The summed E-state index contributed by atoms with van der Waals surface area (Å²) in [7, 11) is 1.36. The van der Waals surface area contributed by atoms with E-state index in [9.17, 15) is 4.79 Å². The standard InChI is InChI=1S/C32H30F2N2O4/c1-38-32(37)24-14-16-36(17-15-24)29-19-27(33)26(18-28(29)34)25-12-13-30(39-20-22-8-4-2-5-9-22)35-31(25)40-21-23-10-6-3-7-11-23/h2-13,18-19,24H,14-17,20-21H2,1H3. The highest BCUT2D eigenvalue weighted by Gasteiger charge is 2.28. The van der Waals surface area contributed by atoms with Crippen molar-refractivity contribution < 1.29 is 27.8 Å². The summed E-state index contributed by atoms with van der Waals surface area (Å²) in [6, 6.07) is 24.8. The molecule has 1 aliphatic rings. The molecule has 3 aromatic carbocycles. The van der Waals surface area contributed by atoms with Crippen LogP contribution < -0.4 is 14.4 Å². The Balaban J connectivity index is 1.40. The van der Waals surface area contributed by atoms with E-state index < -0.39 is 11.6 Å². The van der Waals surface area contributed by atoms with Crippen molar-refractivity contribution in [3.63, 3.8) is 0 Å². The van der Waals surface area contributed by atoms with Crippen LogP contribution in [0.1, 0.15) is 24.0 Å². The fourth-order valence-electron chi connectivity index (χ4n) is 4.78. The second-order valence-corrected chi connectivity index (χ2v) is 9.62. The predicted octanol–water partition coefficient (Wildman–Crippen LogP) is 6.57. The number of aromatic nitrogens is 1. The molecule has 1 aliphatic heterocycles. The van der Waals surface area contributed by atoms with E-state index in [-0.39, 0.29) is 35.6 Å². The molecule has 0 amide bonds. The van der Waals surface area contributed by atoms with Crippen LogP contribution in [0.2, 0.25) is 0 Å². The molecule has 0 unspecified atom stereocenters. The van der Waals surface area contributed by atoms with Gasteiger partial charge in [0.15, 0.2) is 0 Å². The number of ether oxygens (including phenoxy) is 3. The van der Waals surface area contributed by atoms with Gasteiger partial charge in [-0.1, -0.05) is 60.7 Å². The van der Waals surface area contributed by atoms with Crippen LogP contribution in [-0.4, -0.2) is 31.2 Å². The molecular formula is C32H30F2N2O4. The molecule has 0 spiro atoms. The zero-order valence-electron chi connectivity index (χ0n) is 22.2. The summed E-state index contributed by atoms with van der Waals surface area (Å²) in [5, 5.41) is 0. The van der Waals surface area contributed by atoms with Gasteiger partial charge in [-0.2, -0.15) is 4.98 Å². The Morgan fingerprint density at radius 1 is 0.825 bits per heavy atom. The molecule has 1 saturated heterocycles. The van der Waals surface area contributed by atoms with Crippen molar-refractivity contribution in [2.24, 2.45) is 5.92 Å². The summed E-state index contributed by atoms with van der Waals surface area (Å²) in [4.78, 5) is 18.1. The van der Waals surface area contributed by atoms with Gasteiger partial charge in [0, 0.05) is 36.3 Å². The number of rotatable bonds is 9. The number of hydrogen-bond acceptors (Lipinski definition) is 6. The van der Waals surface area contributed by atoms with E-state index in [1.165, 1.54) is 19.2 Å². The Bertz CT molecular complexity index is 1440. The van der Waals surface area contributed by atoms with E-state index >= 15 is 8.78 Å². The molecule has 0 saturated carbocycles. The van der Waals surface area contributed by atoms with Gasteiger partial charge >= 0.3 is 5.97 Å². The van der Waals surface area contributed by atoms with Gasteiger partial charge in [0.2, 0.25) is 11.8 Å². The SMILES string of the molecule is COC(=O)C1CCN(c2cc(F)c(-c3ccc(OCc4ccccc4)nc3OCc3ccccc3)cc2F)CC1. The first-order valence-electron chi connectivity index (χ1n) is 13.2. The number of piperidine rings is 1. The molecule has 40 heavy (non-hydrogen) atoms. The number of pyridine rings is 1. The molecule has 0 N–H and O–H groups in total. The second kappa shape index (κ2) is 12.6. The summed E-state index contributed by atoms with van der Waals surface area (Å²) in [5.41, 5.74) is 2.39. The molecule has 1 fully saturated rings. The Labute approximate surface area is 232 Å². The lowest BCUT2D eigenvalue weighted by atomic mass is 9.96. The Morgan fingerprint density at radius 2 is 1.45 bits per heavy atom. The smallest absolute Gasteiger partial charge is 0.308 e. The summed E-state index contributed by atoms with van der Waals surface area (Å²) in [6.07, 6.45) is 1.03. The van der Waals surface area contributed by atoms with Crippen LogP contribution >= 0.6 is 0 Å². The minimum Gasteiger partial charge on any atom is -0.473 e.